The largest absolute Gasteiger partial charge is 0.482 e. The van der Waals surface area contributed by atoms with Crippen LogP contribution in [0.1, 0.15) is 5.56 Å². The Labute approximate surface area is 147 Å². The van der Waals surface area contributed by atoms with Gasteiger partial charge in [0.2, 0.25) is 5.91 Å². The van der Waals surface area contributed by atoms with Gasteiger partial charge in [0, 0.05) is 9.26 Å². The first-order valence-corrected chi connectivity index (χ1v) is 8.20. The molecule has 23 heavy (non-hydrogen) atoms. The first-order chi connectivity index (χ1) is 11.0. The summed E-state index contributed by atoms with van der Waals surface area (Å²) in [5, 5.41) is 2.83. The number of fused-ring (bicyclic) bond motifs is 1. The van der Waals surface area contributed by atoms with Crippen LogP contribution in [0.3, 0.4) is 0 Å². The van der Waals surface area contributed by atoms with Gasteiger partial charge in [-0.25, -0.2) is 0 Å². The van der Waals surface area contributed by atoms with Crippen LogP contribution in [-0.4, -0.2) is 25.0 Å². The molecule has 0 saturated carbocycles. The molecule has 1 heterocycles. The third-order valence-electron chi connectivity index (χ3n) is 3.57. The Balaban J connectivity index is 1.75. The number of aryl methyl sites for hydroxylation is 1. The van der Waals surface area contributed by atoms with Crippen LogP contribution in [0.25, 0.3) is 0 Å². The first kappa shape index (κ1) is 15.8. The summed E-state index contributed by atoms with van der Waals surface area (Å²) in [4.78, 5) is 25.8. The Hall–Kier alpha value is -2.09. The molecular formula is C17H15IN2O3. The number of carbonyl (C=O) groups excluding carboxylic acids is 2. The van der Waals surface area contributed by atoms with Crippen LogP contribution in [0.5, 0.6) is 5.75 Å². The van der Waals surface area contributed by atoms with Gasteiger partial charge in [-0.3, -0.25) is 14.5 Å². The van der Waals surface area contributed by atoms with Crippen molar-refractivity contribution >= 4 is 45.8 Å². The molecule has 0 saturated heterocycles. The second kappa shape index (κ2) is 6.57. The highest BCUT2D eigenvalue weighted by atomic mass is 127. The third-order valence-corrected chi connectivity index (χ3v) is 4.73. The van der Waals surface area contributed by atoms with E-state index >= 15 is 0 Å². The lowest BCUT2D eigenvalue weighted by molar-refractivity contribution is -0.123. The monoisotopic (exact) mass is 422 g/mol. The lowest BCUT2D eigenvalue weighted by Gasteiger charge is -2.28. The Morgan fingerprint density at radius 3 is 2.87 bits per heavy atom. The maximum absolute atomic E-state index is 12.3. The molecule has 118 valence electrons. The molecule has 5 nitrogen and oxygen atoms in total. The molecule has 0 bridgehead atoms. The Bertz CT molecular complexity index is 776. The summed E-state index contributed by atoms with van der Waals surface area (Å²) in [6.45, 7) is 1.92. The highest BCUT2D eigenvalue weighted by Crippen LogP contribution is 2.31. The summed E-state index contributed by atoms with van der Waals surface area (Å²) < 4.78 is 6.45. The average Bonchev–Trinajstić information content (AvgIpc) is 2.54. The van der Waals surface area contributed by atoms with E-state index in [0.717, 1.165) is 14.8 Å². The quantitative estimate of drug-likeness (QED) is 0.775. The van der Waals surface area contributed by atoms with Crippen LogP contribution in [-0.2, 0) is 9.59 Å². The number of nitrogens with one attached hydrogen (secondary N) is 1. The predicted octanol–water partition coefficient (Wildman–Crippen LogP) is 2.96. The van der Waals surface area contributed by atoms with Gasteiger partial charge < -0.3 is 10.1 Å². The van der Waals surface area contributed by atoms with Gasteiger partial charge in [0.25, 0.3) is 5.91 Å². The van der Waals surface area contributed by atoms with E-state index in [-0.39, 0.29) is 25.0 Å². The maximum atomic E-state index is 12.3. The normalized spacial score (nSPS) is 13.3. The summed E-state index contributed by atoms with van der Waals surface area (Å²) in [6, 6.07) is 12.9. The van der Waals surface area contributed by atoms with Gasteiger partial charge in [-0.1, -0.05) is 18.2 Å². The van der Waals surface area contributed by atoms with Crippen LogP contribution in [0.2, 0.25) is 0 Å². The SMILES string of the molecule is Cc1ccc(NC(=O)CN2C(=O)COc3ccccc32)cc1I. The van der Waals surface area contributed by atoms with Crippen LogP contribution < -0.4 is 15.0 Å². The number of ether oxygens (including phenoxy) is 1. The zero-order valence-electron chi connectivity index (χ0n) is 12.5. The number of halogens is 1. The second-order valence-electron chi connectivity index (χ2n) is 5.25. The number of hydrogen-bond acceptors (Lipinski definition) is 3. The van der Waals surface area contributed by atoms with E-state index in [2.05, 4.69) is 27.9 Å². The Morgan fingerprint density at radius 1 is 1.30 bits per heavy atom. The zero-order valence-corrected chi connectivity index (χ0v) is 14.7. The summed E-state index contributed by atoms with van der Waals surface area (Å²) in [6.07, 6.45) is 0. The molecule has 0 aromatic heterocycles. The predicted molar refractivity (Wildman–Crippen MR) is 96.8 cm³/mol. The standard InChI is InChI=1S/C17H15IN2O3/c1-11-6-7-12(8-13(11)18)19-16(21)9-20-14-4-2-3-5-15(14)23-10-17(20)22/h2-8H,9-10H2,1H3,(H,19,21). The van der Waals surface area contributed by atoms with E-state index in [9.17, 15) is 9.59 Å². The number of anilines is 2. The molecule has 1 aliphatic heterocycles. The van der Waals surface area contributed by atoms with E-state index in [1.165, 1.54) is 4.90 Å². The van der Waals surface area contributed by atoms with E-state index < -0.39 is 0 Å². The molecule has 1 N–H and O–H groups in total. The average molecular weight is 422 g/mol. The van der Waals surface area contributed by atoms with Crippen molar-refractivity contribution in [2.45, 2.75) is 6.92 Å². The van der Waals surface area contributed by atoms with E-state index in [0.29, 0.717) is 11.4 Å². The number of hydrogen-bond donors (Lipinski definition) is 1. The highest BCUT2D eigenvalue weighted by molar-refractivity contribution is 14.1. The number of para-hydroxylation sites is 2. The molecular weight excluding hydrogens is 407 g/mol. The molecule has 2 amide bonds. The minimum Gasteiger partial charge on any atom is -0.482 e. The number of carbonyl (C=O) groups is 2. The van der Waals surface area contributed by atoms with Gasteiger partial charge in [0.05, 0.1) is 5.69 Å². The first-order valence-electron chi connectivity index (χ1n) is 7.13. The molecule has 2 aromatic carbocycles. The number of benzene rings is 2. The number of rotatable bonds is 3. The van der Waals surface area contributed by atoms with Gasteiger partial charge in [-0.2, -0.15) is 0 Å². The molecule has 0 fully saturated rings. The van der Waals surface area contributed by atoms with Crippen LogP contribution in [0.15, 0.2) is 42.5 Å². The second-order valence-corrected chi connectivity index (χ2v) is 6.41. The molecule has 2 aromatic rings. The van der Waals surface area contributed by atoms with Crippen LogP contribution in [0, 0.1) is 10.5 Å². The zero-order chi connectivity index (χ0) is 16.4. The minimum atomic E-state index is -0.241. The van der Waals surface area contributed by atoms with Crippen LogP contribution >= 0.6 is 22.6 Å². The molecule has 0 unspecified atom stereocenters. The molecule has 0 spiro atoms. The van der Waals surface area contributed by atoms with E-state index in [1.807, 2.05) is 37.3 Å². The van der Waals surface area contributed by atoms with E-state index in [4.69, 9.17) is 4.74 Å². The molecule has 0 radical (unpaired) electrons. The summed E-state index contributed by atoms with van der Waals surface area (Å²) in [5.41, 5.74) is 2.50. The van der Waals surface area contributed by atoms with Gasteiger partial charge in [-0.15, -0.1) is 0 Å². The number of amides is 2. The molecule has 6 heteroatoms. The smallest absolute Gasteiger partial charge is 0.265 e. The molecule has 0 aliphatic carbocycles. The fourth-order valence-corrected chi connectivity index (χ4v) is 2.86. The number of nitrogens with zero attached hydrogens (tertiary/aromatic N) is 1. The lowest BCUT2D eigenvalue weighted by atomic mass is 10.2. The molecule has 0 atom stereocenters. The molecule has 1 aliphatic rings. The van der Waals surface area contributed by atoms with Crippen molar-refractivity contribution in [3.8, 4) is 5.75 Å². The van der Waals surface area contributed by atoms with E-state index in [1.54, 1.807) is 12.1 Å². The van der Waals surface area contributed by atoms with Gasteiger partial charge in [0.1, 0.15) is 12.3 Å². The highest BCUT2D eigenvalue weighted by Gasteiger charge is 2.26. The van der Waals surface area contributed by atoms with Crippen LogP contribution in [0.4, 0.5) is 11.4 Å². The summed E-state index contributed by atoms with van der Waals surface area (Å²) in [7, 11) is 0. The molecule has 3 rings (SSSR count). The third kappa shape index (κ3) is 3.47. The minimum absolute atomic E-state index is 0.0380. The van der Waals surface area contributed by atoms with Crippen molar-refractivity contribution in [3.05, 3.63) is 51.6 Å². The fraction of sp³-hybridized carbons (Fsp3) is 0.176. The summed E-state index contributed by atoms with van der Waals surface area (Å²) >= 11 is 2.22. The summed E-state index contributed by atoms with van der Waals surface area (Å²) in [5.74, 6) is 0.150. The van der Waals surface area contributed by atoms with Crippen molar-refractivity contribution in [1.29, 1.82) is 0 Å². The van der Waals surface area contributed by atoms with Crippen molar-refractivity contribution < 1.29 is 14.3 Å². The van der Waals surface area contributed by atoms with Crippen molar-refractivity contribution in [3.63, 3.8) is 0 Å². The van der Waals surface area contributed by atoms with Crippen molar-refractivity contribution in [2.75, 3.05) is 23.4 Å². The fourth-order valence-electron chi connectivity index (χ4n) is 2.34. The van der Waals surface area contributed by atoms with Gasteiger partial charge in [0.15, 0.2) is 6.61 Å². The maximum Gasteiger partial charge on any atom is 0.265 e. The lowest BCUT2D eigenvalue weighted by Crippen LogP contribution is -2.43. The van der Waals surface area contributed by atoms with Gasteiger partial charge in [-0.05, 0) is 59.3 Å². The van der Waals surface area contributed by atoms with Crippen molar-refractivity contribution in [1.82, 2.24) is 0 Å². The Kier molecular flexibility index (Phi) is 4.51. The van der Waals surface area contributed by atoms with Crippen molar-refractivity contribution in [2.24, 2.45) is 0 Å². The van der Waals surface area contributed by atoms with Gasteiger partial charge >= 0.3 is 0 Å². The topological polar surface area (TPSA) is 58.6 Å². The Morgan fingerprint density at radius 2 is 2.09 bits per heavy atom.